The first-order chi connectivity index (χ1) is 9.69. The summed E-state index contributed by atoms with van der Waals surface area (Å²) in [5.74, 6) is 5.56. The number of carbonyl (C=O) groups excluding carboxylic acids is 1. The smallest absolute Gasteiger partial charge is 0.273 e. The molecule has 2 aromatic rings. The Bertz CT molecular complexity index is 651. The summed E-state index contributed by atoms with van der Waals surface area (Å²) in [5, 5.41) is 17.8. The molecule has 0 atom stereocenters. The van der Waals surface area contributed by atoms with Crippen LogP contribution in [-0.2, 0) is 0 Å². The van der Waals surface area contributed by atoms with Gasteiger partial charge in [-0.05, 0) is 36.8 Å². The maximum absolute atomic E-state index is 11.9. The van der Waals surface area contributed by atoms with Crippen LogP contribution < -0.4 is 5.32 Å². The lowest BCUT2D eigenvalue weighted by atomic mass is 10.1. The highest BCUT2D eigenvalue weighted by atomic mass is 16.2. The number of carbonyl (C=O) groups is 1. The van der Waals surface area contributed by atoms with E-state index in [0.717, 1.165) is 11.1 Å². The van der Waals surface area contributed by atoms with Gasteiger partial charge in [-0.2, -0.15) is 5.10 Å². The largest absolute Gasteiger partial charge is 0.395 e. The second-order valence-corrected chi connectivity index (χ2v) is 4.29. The number of anilines is 1. The van der Waals surface area contributed by atoms with Crippen molar-refractivity contribution >= 4 is 11.6 Å². The van der Waals surface area contributed by atoms with Gasteiger partial charge in [0.2, 0.25) is 0 Å². The van der Waals surface area contributed by atoms with Crippen LogP contribution in [0.1, 0.15) is 28.0 Å². The number of aromatic nitrogens is 2. The van der Waals surface area contributed by atoms with Crippen LogP contribution in [0.4, 0.5) is 5.69 Å². The normalized spacial score (nSPS) is 9.70. The van der Waals surface area contributed by atoms with Crippen molar-refractivity contribution in [3.63, 3.8) is 0 Å². The molecule has 1 heterocycles. The second-order valence-electron chi connectivity index (χ2n) is 4.29. The molecule has 5 nitrogen and oxygen atoms in total. The van der Waals surface area contributed by atoms with Crippen molar-refractivity contribution in [2.75, 3.05) is 11.9 Å². The van der Waals surface area contributed by atoms with Gasteiger partial charge in [0.25, 0.3) is 5.91 Å². The highest BCUT2D eigenvalue weighted by molar-refractivity contribution is 6.02. The SMILES string of the molecule is Cc1cc(C#CCCO)cc(NC(=O)c2ccn[nH]2)c1. The van der Waals surface area contributed by atoms with Crippen LogP contribution in [-0.4, -0.2) is 27.8 Å². The fourth-order valence-electron chi connectivity index (χ4n) is 1.73. The third-order valence-electron chi connectivity index (χ3n) is 2.55. The Kier molecular flexibility index (Phi) is 4.53. The molecule has 0 fully saturated rings. The fourth-order valence-corrected chi connectivity index (χ4v) is 1.73. The molecule has 20 heavy (non-hydrogen) atoms. The van der Waals surface area contributed by atoms with Gasteiger partial charge >= 0.3 is 0 Å². The third kappa shape index (κ3) is 3.70. The zero-order valence-electron chi connectivity index (χ0n) is 11.1. The highest BCUT2D eigenvalue weighted by Crippen LogP contribution is 2.14. The van der Waals surface area contributed by atoms with E-state index in [4.69, 9.17) is 5.11 Å². The van der Waals surface area contributed by atoms with E-state index in [-0.39, 0.29) is 12.5 Å². The maximum atomic E-state index is 11.9. The first-order valence-corrected chi connectivity index (χ1v) is 6.21. The summed E-state index contributed by atoms with van der Waals surface area (Å²) in [5.41, 5.74) is 2.89. The number of benzene rings is 1. The molecule has 0 aliphatic carbocycles. The first-order valence-electron chi connectivity index (χ1n) is 6.21. The number of aliphatic hydroxyl groups excluding tert-OH is 1. The van der Waals surface area contributed by atoms with Gasteiger partial charge in [0.15, 0.2) is 0 Å². The predicted octanol–water partition coefficient (Wildman–Crippen LogP) is 1.70. The second kappa shape index (κ2) is 6.55. The van der Waals surface area contributed by atoms with E-state index in [1.54, 1.807) is 12.1 Å². The van der Waals surface area contributed by atoms with E-state index >= 15 is 0 Å². The van der Waals surface area contributed by atoms with E-state index in [1.165, 1.54) is 6.20 Å². The van der Waals surface area contributed by atoms with Gasteiger partial charge in [-0.3, -0.25) is 9.89 Å². The molecule has 0 unspecified atom stereocenters. The van der Waals surface area contributed by atoms with E-state index in [9.17, 15) is 4.79 Å². The van der Waals surface area contributed by atoms with Gasteiger partial charge in [-0.25, -0.2) is 0 Å². The number of nitrogens with zero attached hydrogens (tertiary/aromatic N) is 1. The minimum Gasteiger partial charge on any atom is -0.395 e. The zero-order valence-corrected chi connectivity index (χ0v) is 11.1. The quantitative estimate of drug-likeness (QED) is 0.742. The lowest BCUT2D eigenvalue weighted by molar-refractivity contribution is 0.102. The molecule has 5 heteroatoms. The van der Waals surface area contributed by atoms with Crippen LogP contribution in [0.25, 0.3) is 0 Å². The van der Waals surface area contributed by atoms with Gasteiger partial charge in [0, 0.05) is 23.9 Å². The van der Waals surface area contributed by atoms with Crippen molar-refractivity contribution < 1.29 is 9.90 Å². The van der Waals surface area contributed by atoms with Gasteiger partial charge < -0.3 is 10.4 Å². The van der Waals surface area contributed by atoms with Crippen LogP contribution in [0.15, 0.2) is 30.5 Å². The minimum absolute atomic E-state index is 0.0439. The number of rotatable bonds is 3. The van der Waals surface area contributed by atoms with Crippen molar-refractivity contribution in [3.8, 4) is 11.8 Å². The molecule has 2 rings (SSSR count). The average Bonchev–Trinajstić information content (AvgIpc) is 2.92. The Hall–Kier alpha value is -2.58. The number of H-pyrrole nitrogens is 1. The van der Waals surface area contributed by atoms with E-state index < -0.39 is 0 Å². The molecule has 1 aromatic carbocycles. The van der Waals surface area contributed by atoms with E-state index in [0.29, 0.717) is 17.8 Å². The zero-order chi connectivity index (χ0) is 14.4. The molecular weight excluding hydrogens is 254 g/mol. The number of amides is 1. The molecular formula is C15H15N3O2. The van der Waals surface area contributed by atoms with Crippen LogP contribution in [0.5, 0.6) is 0 Å². The van der Waals surface area contributed by atoms with Gasteiger partial charge in [0.05, 0.1) is 6.61 Å². The Morgan fingerprint density at radius 1 is 1.45 bits per heavy atom. The molecule has 0 saturated carbocycles. The molecule has 0 spiro atoms. The molecule has 1 aromatic heterocycles. The molecule has 0 aliphatic heterocycles. The van der Waals surface area contributed by atoms with Crippen LogP contribution in [0, 0.1) is 18.8 Å². The van der Waals surface area contributed by atoms with E-state index in [1.807, 2.05) is 19.1 Å². The summed E-state index contributed by atoms with van der Waals surface area (Å²) in [6.07, 6.45) is 1.96. The summed E-state index contributed by atoms with van der Waals surface area (Å²) in [7, 11) is 0. The number of aryl methyl sites for hydroxylation is 1. The fraction of sp³-hybridized carbons (Fsp3) is 0.200. The summed E-state index contributed by atoms with van der Waals surface area (Å²) in [6.45, 7) is 1.98. The van der Waals surface area contributed by atoms with Crippen molar-refractivity contribution in [2.24, 2.45) is 0 Å². The lowest BCUT2D eigenvalue weighted by Gasteiger charge is -2.05. The Balaban J connectivity index is 2.16. The number of aromatic amines is 1. The predicted molar refractivity (Wildman–Crippen MR) is 76.3 cm³/mol. The molecule has 0 radical (unpaired) electrons. The first kappa shape index (κ1) is 13.8. The monoisotopic (exact) mass is 269 g/mol. The number of aliphatic hydroxyl groups is 1. The topological polar surface area (TPSA) is 78.0 Å². The summed E-state index contributed by atoms with van der Waals surface area (Å²) in [4.78, 5) is 11.9. The molecule has 0 aliphatic rings. The number of nitrogens with one attached hydrogen (secondary N) is 2. The minimum atomic E-state index is -0.248. The Morgan fingerprint density at radius 3 is 3.00 bits per heavy atom. The Morgan fingerprint density at radius 2 is 2.30 bits per heavy atom. The molecule has 102 valence electrons. The van der Waals surface area contributed by atoms with Crippen LogP contribution in [0.3, 0.4) is 0 Å². The Labute approximate surface area is 117 Å². The van der Waals surface area contributed by atoms with Crippen LogP contribution in [0.2, 0.25) is 0 Å². The van der Waals surface area contributed by atoms with Crippen molar-refractivity contribution in [1.82, 2.24) is 10.2 Å². The molecule has 1 amide bonds. The average molecular weight is 269 g/mol. The summed E-state index contributed by atoms with van der Waals surface area (Å²) < 4.78 is 0. The van der Waals surface area contributed by atoms with E-state index in [2.05, 4.69) is 27.4 Å². The van der Waals surface area contributed by atoms with Gasteiger partial charge in [0.1, 0.15) is 5.69 Å². The van der Waals surface area contributed by atoms with Crippen molar-refractivity contribution in [3.05, 3.63) is 47.3 Å². The highest BCUT2D eigenvalue weighted by Gasteiger charge is 2.07. The summed E-state index contributed by atoms with van der Waals surface area (Å²) >= 11 is 0. The van der Waals surface area contributed by atoms with Crippen molar-refractivity contribution in [2.45, 2.75) is 13.3 Å². The van der Waals surface area contributed by atoms with Gasteiger partial charge in [-0.15, -0.1) is 0 Å². The lowest BCUT2D eigenvalue weighted by Crippen LogP contribution is -2.12. The number of hydrogen-bond donors (Lipinski definition) is 3. The molecule has 0 saturated heterocycles. The van der Waals surface area contributed by atoms with Crippen molar-refractivity contribution in [1.29, 1.82) is 0 Å². The summed E-state index contributed by atoms with van der Waals surface area (Å²) in [6, 6.07) is 7.19. The molecule has 3 N–H and O–H groups in total. The molecule has 0 bridgehead atoms. The standard InChI is InChI=1S/C15H15N3O2/c1-11-8-12(4-2-3-7-19)10-13(9-11)17-15(20)14-5-6-16-18-14/h5-6,8-10,19H,3,7H2,1H3,(H,16,18)(H,17,20). The van der Waals surface area contributed by atoms with Crippen LogP contribution >= 0.6 is 0 Å². The third-order valence-corrected chi connectivity index (χ3v) is 2.55. The maximum Gasteiger partial charge on any atom is 0.273 e. The number of hydrogen-bond acceptors (Lipinski definition) is 3. The van der Waals surface area contributed by atoms with Gasteiger partial charge in [-0.1, -0.05) is 11.8 Å².